The molecule has 4 nitrogen and oxygen atoms in total. The van der Waals surface area contributed by atoms with E-state index in [0.29, 0.717) is 12.5 Å². The zero-order valence-electron chi connectivity index (χ0n) is 12.0. The monoisotopic (exact) mass is 261 g/mol. The number of rotatable bonds is 5. The topological polar surface area (TPSA) is 44.4 Å². The van der Waals surface area contributed by atoms with Crippen LogP contribution < -0.4 is 15.5 Å². The minimum absolute atomic E-state index is 0.203. The molecule has 0 saturated carbocycles. The first-order valence-corrected chi connectivity index (χ1v) is 6.94. The number of benzene rings is 1. The average molecular weight is 261 g/mol. The maximum atomic E-state index is 11.6. The highest BCUT2D eigenvalue weighted by molar-refractivity contribution is 5.96. The summed E-state index contributed by atoms with van der Waals surface area (Å²) in [5, 5.41) is 6.79. The Morgan fingerprint density at radius 2 is 2.05 bits per heavy atom. The van der Waals surface area contributed by atoms with Crippen molar-refractivity contribution in [1.82, 2.24) is 5.32 Å². The fourth-order valence-electron chi connectivity index (χ4n) is 2.33. The quantitative estimate of drug-likeness (QED) is 0.797. The third kappa shape index (κ3) is 3.47. The Hall–Kier alpha value is -1.55. The molecule has 0 unspecified atom stereocenters. The van der Waals surface area contributed by atoms with Gasteiger partial charge in [0.15, 0.2) is 0 Å². The predicted octanol–water partition coefficient (Wildman–Crippen LogP) is 2.01. The van der Waals surface area contributed by atoms with Crippen LogP contribution in [-0.4, -0.2) is 32.1 Å². The van der Waals surface area contributed by atoms with E-state index >= 15 is 0 Å². The van der Waals surface area contributed by atoms with Crippen molar-refractivity contribution < 1.29 is 4.79 Å². The van der Waals surface area contributed by atoms with Gasteiger partial charge in [0.2, 0.25) is 5.91 Å². The summed E-state index contributed by atoms with van der Waals surface area (Å²) in [6, 6.07) is 6.76. The first-order chi connectivity index (χ1) is 9.08. The number of fused-ring (bicyclic) bond motifs is 1. The highest BCUT2D eigenvalue weighted by Gasteiger charge is 2.20. The van der Waals surface area contributed by atoms with Crippen LogP contribution in [0.5, 0.6) is 0 Å². The minimum Gasteiger partial charge on any atom is -0.384 e. The molecule has 2 rings (SSSR count). The molecule has 0 bridgehead atoms. The Kier molecular flexibility index (Phi) is 4.43. The predicted molar refractivity (Wildman–Crippen MR) is 79.8 cm³/mol. The van der Waals surface area contributed by atoms with E-state index in [2.05, 4.69) is 30.5 Å². The van der Waals surface area contributed by atoms with Gasteiger partial charge in [-0.1, -0.05) is 13.8 Å². The van der Waals surface area contributed by atoms with Gasteiger partial charge in [-0.2, -0.15) is 0 Å². The lowest BCUT2D eigenvalue weighted by molar-refractivity contribution is -0.118. The second-order valence-electron chi connectivity index (χ2n) is 5.33. The molecule has 1 amide bonds. The van der Waals surface area contributed by atoms with Crippen molar-refractivity contribution in [2.75, 3.05) is 30.4 Å². The summed E-state index contributed by atoms with van der Waals surface area (Å²) in [6.07, 6.45) is 1.46. The van der Waals surface area contributed by atoms with Crippen LogP contribution >= 0.6 is 0 Å². The molecular weight excluding hydrogens is 238 g/mol. The Morgan fingerprint density at radius 1 is 1.26 bits per heavy atom. The van der Waals surface area contributed by atoms with Gasteiger partial charge in [-0.3, -0.25) is 4.79 Å². The van der Waals surface area contributed by atoms with Gasteiger partial charge < -0.3 is 15.5 Å². The van der Waals surface area contributed by atoms with E-state index in [1.54, 1.807) is 4.90 Å². The molecule has 0 aromatic heterocycles. The highest BCUT2D eigenvalue weighted by Crippen LogP contribution is 2.29. The molecule has 2 N–H and O–H groups in total. The molecule has 0 aliphatic carbocycles. The van der Waals surface area contributed by atoms with Crippen LogP contribution in [-0.2, 0) is 11.2 Å². The van der Waals surface area contributed by atoms with Crippen molar-refractivity contribution >= 4 is 17.3 Å². The minimum atomic E-state index is 0.203. The number of anilines is 2. The second-order valence-corrected chi connectivity index (χ2v) is 5.33. The fraction of sp³-hybridized carbons (Fsp3) is 0.533. The number of nitrogens with zero attached hydrogens (tertiary/aromatic N) is 1. The summed E-state index contributed by atoms with van der Waals surface area (Å²) >= 11 is 0. The van der Waals surface area contributed by atoms with Crippen LogP contribution in [0.25, 0.3) is 0 Å². The van der Waals surface area contributed by atoms with Crippen molar-refractivity contribution in [3.05, 3.63) is 23.8 Å². The average Bonchev–Trinajstić information content (AvgIpc) is 2.39. The van der Waals surface area contributed by atoms with Gasteiger partial charge in [0, 0.05) is 44.0 Å². The van der Waals surface area contributed by atoms with Crippen molar-refractivity contribution in [3.63, 3.8) is 0 Å². The highest BCUT2D eigenvalue weighted by atomic mass is 16.2. The van der Waals surface area contributed by atoms with Gasteiger partial charge in [0.05, 0.1) is 0 Å². The molecule has 104 valence electrons. The summed E-state index contributed by atoms with van der Waals surface area (Å²) in [7, 11) is 1.85. The summed E-state index contributed by atoms with van der Waals surface area (Å²) in [6.45, 7) is 6.15. The standard InChI is InChI=1S/C15H23N3O/c1-11(2)16-8-9-17-13-5-6-14-12(10-13)4-7-15(19)18(14)3/h5-6,10-11,16-17H,4,7-9H2,1-3H3. The third-order valence-electron chi connectivity index (χ3n) is 3.43. The summed E-state index contributed by atoms with van der Waals surface area (Å²) in [5.41, 5.74) is 3.43. The Morgan fingerprint density at radius 3 is 2.79 bits per heavy atom. The summed E-state index contributed by atoms with van der Waals surface area (Å²) < 4.78 is 0. The van der Waals surface area contributed by atoms with Crippen molar-refractivity contribution in [1.29, 1.82) is 0 Å². The molecular formula is C15H23N3O. The zero-order valence-corrected chi connectivity index (χ0v) is 12.0. The molecule has 1 aromatic rings. The largest absolute Gasteiger partial charge is 0.384 e. The summed E-state index contributed by atoms with van der Waals surface area (Å²) in [4.78, 5) is 13.4. The number of nitrogens with one attached hydrogen (secondary N) is 2. The van der Waals surface area contributed by atoms with E-state index < -0.39 is 0 Å². The molecule has 0 fully saturated rings. The number of hydrogen-bond acceptors (Lipinski definition) is 3. The molecule has 0 atom stereocenters. The zero-order chi connectivity index (χ0) is 13.8. The summed E-state index contributed by atoms with van der Waals surface area (Å²) in [5.74, 6) is 0.203. The molecule has 1 aliphatic rings. The number of hydrogen-bond donors (Lipinski definition) is 2. The molecule has 0 spiro atoms. The molecule has 4 heteroatoms. The lowest BCUT2D eigenvalue weighted by Crippen LogP contribution is -2.31. The third-order valence-corrected chi connectivity index (χ3v) is 3.43. The van der Waals surface area contributed by atoms with E-state index in [-0.39, 0.29) is 5.91 Å². The van der Waals surface area contributed by atoms with Crippen molar-refractivity contribution in [2.45, 2.75) is 32.7 Å². The van der Waals surface area contributed by atoms with Gasteiger partial charge in [0.25, 0.3) is 0 Å². The lowest BCUT2D eigenvalue weighted by Gasteiger charge is -2.26. The Bertz CT molecular complexity index is 457. The first kappa shape index (κ1) is 13.9. The van der Waals surface area contributed by atoms with Gasteiger partial charge in [-0.05, 0) is 30.2 Å². The molecule has 1 heterocycles. The van der Waals surface area contributed by atoms with E-state index in [1.807, 2.05) is 19.2 Å². The van der Waals surface area contributed by atoms with Crippen LogP contribution in [0, 0.1) is 0 Å². The molecule has 1 aromatic carbocycles. The van der Waals surface area contributed by atoms with Gasteiger partial charge in [-0.15, -0.1) is 0 Å². The fourth-order valence-corrected chi connectivity index (χ4v) is 2.33. The van der Waals surface area contributed by atoms with Gasteiger partial charge in [-0.25, -0.2) is 0 Å². The number of carbonyl (C=O) groups is 1. The van der Waals surface area contributed by atoms with E-state index in [1.165, 1.54) is 5.56 Å². The first-order valence-electron chi connectivity index (χ1n) is 6.94. The number of aryl methyl sites for hydroxylation is 1. The van der Waals surface area contributed by atoms with Crippen molar-refractivity contribution in [3.8, 4) is 0 Å². The number of amides is 1. The van der Waals surface area contributed by atoms with Gasteiger partial charge in [0.1, 0.15) is 0 Å². The van der Waals surface area contributed by atoms with Crippen LogP contribution in [0.15, 0.2) is 18.2 Å². The van der Waals surface area contributed by atoms with Crippen LogP contribution in [0.3, 0.4) is 0 Å². The smallest absolute Gasteiger partial charge is 0.227 e. The second kappa shape index (κ2) is 6.06. The molecule has 19 heavy (non-hydrogen) atoms. The Labute approximate surface area is 115 Å². The number of carbonyl (C=O) groups excluding carboxylic acids is 1. The van der Waals surface area contributed by atoms with E-state index in [9.17, 15) is 4.79 Å². The maximum Gasteiger partial charge on any atom is 0.227 e. The molecule has 1 aliphatic heterocycles. The molecule has 0 saturated heterocycles. The normalized spacial score (nSPS) is 14.7. The Balaban J connectivity index is 1.96. The van der Waals surface area contributed by atoms with Crippen molar-refractivity contribution in [2.24, 2.45) is 0 Å². The SMILES string of the molecule is CC(C)NCCNc1ccc2c(c1)CCC(=O)N2C. The lowest BCUT2D eigenvalue weighted by atomic mass is 10.0. The van der Waals surface area contributed by atoms with Crippen LogP contribution in [0.4, 0.5) is 11.4 Å². The van der Waals surface area contributed by atoms with E-state index in [4.69, 9.17) is 0 Å². The van der Waals surface area contributed by atoms with Crippen LogP contribution in [0.1, 0.15) is 25.8 Å². The van der Waals surface area contributed by atoms with Crippen LogP contribution in [0.2, 0.25) is 0 Å². The van der Waals surface area contributed by atoms with E-state index in [0.717, 1.165) is 30.9 Å². The maximum absolute atomic E-state index is 11.6. The van der Waals surface area contributed by atoms with Gasteiger partial charge >= 0.3 is 0 Å². The molecule has 0 radical (unpaired) electrons.